The fourth-order valence-corrected chi connectivity index (χ4v) is 8.96. The van der Waals surface area contributed by atoms with Gasteiger partial charge in [0.05, 0.1) is 33.4 Å². The first-order valence-corrected chi connectivity index (χ1v) is 19.4. The Morgan fingerprint density at radius 2 is 0.895 bits per heavy atom. The zero-order valence-electron chi connectivity index (χ0n) is 30.8. The van der Waals surface area contributed by atoms with Crippen LogP contribution in [0.1, 0.15) is 0 Å². The van der Waals surface area contributed by atoms with Crippen molar-refractivity contribution in [3.8, 4) is 44.9 Å². The van der Waals surface area contributed by atoms with E-state index < -0.39 is 0 Å². The van der Waals surface area contributed by atoms with Crippen LogP contribution in [0.4, 0.5) is 0 Å². The first-order valence-electron chi connectivity index (χ1n) is 19.4. The minimum atomic E-state index is 0.879. The van der Waals surface area contributed by atoms with Crippen molar-refractivity contribution >= 4 is 65.6 Å². The average molecular weight is 728 g/mol. The van der Waals surface area contributed by atoms with Gasteiger partial charge in [-0.2, -0.15) is 0 Å². The molecule has 0 saturated heterocycles. The van der Waals surface area contributed by atoms with Gasteiger partial charge in [-0.25, -0.2) is 0 Å². The molecule has 57 heavy (non-hydrogen) atoms. The van der Waals surface area contributed by atoms with Gasteiger partial charge in [0.15, 0.2) is 0 Å². The molecule has 0 atom stereocenters. The second kappa shape index (κ2) is 12.4. The summed E-state index contributed by atoms with van der Waals surface area (Å²) in [5, 5.41) is 7.10. The van der Waals surface area contributed by atoms with E-state index in [1.54, 1.807) is 0 Å². The number of para-hydroxylation sites is 3. The summed E-state index contributed by atoms with van der Waals surface area (Å²) in [5.74, 6) is 0. The van der Waals surface area contributed by atoms with E-state index in [1.165, 1.54) is 43.7 Å². The second-order valence-electron chi connectivity index (χ2n) is 14.8. The van der Waals surface area contributed by atoms with Crippen molar-refractivity contribution in [2.45, 2.75) is 0 Å². The van der Waals surface area contributed by atoms with E-state index in [0.29, 0.717) is 0 Å². The maximum atomic E-state index is 6.46. The third-order valence-corrected chi connectivity index (χ3v) is 11.6. The van der Waals surface area contributed by atoms with E-state index >= 15 is 0 Å². The van der Waals surface area contributed by atoms with E-state index in [9.17, 15) is 0 Å². The predicted molar refractivity (Wildman–Crippen MR) is 237 cm³/mol. The zero-order chi connectivity index (χ0) is 37.5. The zero-order valence-corrected chi connectivity index (χ0v) is 30.8. The third kappa shape index (κ3) is 4.91. The summed E-state index contributed by atoms with van der Waals surface area (Å²) in [4.78, 5) is 4.75. The number of furan rings is 1. The molecule has 0 bridgehead atoms. The van der Waals surface area contributed by atoms with Gasteiger partial charge in [-0.3, -0.25) is 4.98 Å². The number of fused-ring (bicyclic) bond motifs is 9. The third-order valence-electron chi connectivity index (χ3n) is 11.6. The highest BCUT2D eigenvalue weighted by Crippen LogP contribution is 2.41. The van der Waals surface area contributed by atoms with E-state index in [4.69, 9.17) is 9.40 Å². The molecule has 0 aliphatic rings. The lowest BCUT2D eigenvalue weighted by Gasteiger charge is -2.13. The summed E-state index contributed by atoms with van der Waals surface area (Å²) < 4.78 is 11.2. The molecule has 0 saturated carbocycles. The molecule has 0 amide bonds. The van der Waals surface area contributed by atoms with Gasteiger partial charge in [0, 0.05) is 49.8 Å². The Morgan fingerprint density at radius 3 is 1.60 bits per heavy atom. The molecule has 0 N–H and O–H groups in total. The molecule has 12 aromatic rings. The van der Waals surface area contributed by atoms with Crippen LogP contribution in [0.15, 0.2) is 205 Å². The lowest BCUT2D eigenvalue weighted by atomic mass is 9.99. The fraction of sp³-hybridized carbons (Fsp3) is 0. The number of hydrogen-bond acceptors (Lipinski definition) is 2. The van der Waals surface area contributed by atoms with Crippen molar-refractivity contribution in [1.82, 2.24) is 14.1 Å². The van der Waals surface area contributed by atoms with Crippen LogP contribution in [0.25, 0.3) is 110 Å². The Labute approximate surface area is 328 Å². The molecule has 12 rings (SSSR count). The lowest BCUT2D eigenvalue weighted by Crippen LogP contribution is -1.98. The van der Waals surface area contributed by atoms with Crippen LogP contribution in [0.2, 0.25) is 0 Å². The number of nitrogens with zero attached hydrogens (tertiary/aromatic N) is 3. The molecule has 0 fully saturated rings. The molecule has 0 aliphatic heterocycles. The SMILES string of the molecule is c1ccc(-c2ccc3c(c2)c2cc(-c4ccc5oc6ccc(-n7c8ccccc8c8ccccc87)cc6c5c4)ccc2n3-c2ccccc2-c2ccccn2)cc1. The lowest BCUT2D eigenvalue weighted by molar-refractivity contribution is 0.669. The van der Waals surface area contributed by atoms with Crippen LogP contribution < -0.4 is 0 Å². The fourth-order valence-electron chi connectivity index (χ4n) is 8.96. The molecule has 4 heterocycles. The van der Waals surface area contributed by atoms with E-state index in [1.807, 2.05) is 12.3 Å². The Bertz CT molecular complexity index is 3460. The monoisotopic (exact) mass is 727 g/mol. The number of pyridine rings is 1. The number of hydrogen-bond donors (Lipinski definition) is 0. The van der Waals surface area contributed by atoms with Crippen molar-refractivity contribution in [3.63, 3.8) is 0 Å². The number of rotatable bonds is 5. The van der Waals surface area contributed by atoms with Gasteiger partial charge >= 0.3 is 0 Å². The number of benzene rings is 8. The Balaban J connectivity index is 1.05. The van der Waals surface area contributed by atoms with Gasteiger partial charge in [0.25, 0.3) is 0 Å². The van der Waals surface area contributed by atoms with E-state index in [2.05, 4.69) is 197 Å². The summed E-state index contributed by atoms with van der Waals surface area (Å²) in [6.07, 6.45) is 1.86. The quantitative estimate of drug-likeness (QED) is 0.177. The summed E-state index contributed by atoms with van der Waals surface area (Å²) in [6, 6.07) is 69.5. The van der Waals surface area contributed by atoms with Crippen molar-refractivity contribution in [1.29, 1.82) is 0 Å². The van der Waals surface area contributed by atoms with Crippen molar-refractivity contribution in [2.24, 2.45) is 0 Å². The molecule has 4 heteroatoms. The standard InChI is InChI=1S/C53H33N3O/c1-2-12-34(13-3-1)35-21-25-50-42(30-35)43-31-36(22-26-51(43)56(50)49-20-9-6-16-41(49)46-17-10-11-29-54-46)37-23-27-52-44(32-37)45-33-38(24-28-53(45)57-52)55-47-18-7-4-14-39(47)40-15-5-8-19-48(40)55/h1-33H. The summed E-state index contributed by atoms with van der Waals surface area (Å²) >= 11 is 0. The minimum absolute atomic E-state index is 0.879. The molecule has 4 nitrogen and oxygen atoms in total. The highest BCUT2D eigenvalue weighted by Gasteiger charge is 2.19. The summed E-state index contributed by atoms with van der Waals surface area (Å²) in [6.45, 7) is 0. The minimum Gasteiger partial charge on any atom is -0.456 e. The Hall–Kier alpha value is -7.69. The van der Waals surface area contributed by atoms with Crippen molar-refractivity contribution < 1.29 is 4.42 Å². The van der Waals surface area contributed by atoms with Gasteiger partial charge in [-0.05, 0) is 107 Å². The van der Waals surface area contributed by atoms with Crippen LogP contribution in [0, 0.1) is 0 Å². The molecule has 0 spiro atoms. The molecule has 266 valence electrons. The average Bonchev–Trinajstić information content (AvgIpc) is 3.93. The Kier molecular flexibility index (Phi) is 6.89. The molecular weight excluding hydrogens is 695 g/mol. The molecule has 0 radical (unpaired) electrons. The first kappa shape index (κ1) is 31.6. The van der Waals surface area contributed by atoms with Crippen LogP contribution in [0.5, 0.6) is 0 Å². The normalized spacial score (nSPS) is 11.9. The maximum absolute atomic E-state index is 6.46. The second-order valence-corrected chi connectivity index (χ2v) is 14.8. The topological polar surface area (TPSA) is 35.9 Å². The van der Waals surface area contributed by atoms with Gasteiger partial charge in [0.2, 0.25) is 0 Å². The highest BCUT2D eigenvalue weighted by atomic mass is 16.3. The van der Waals surface area contributed by atoms with Gasteiger partial charge in [0.1, 0.15) is 11.2 Å². The van der Waals surface area contributed by atoms with Gasteiger partial charge < -0.3 is 13.6 Å². The van der Waals surface area contributed by atoms with Gasteiger partial charge in [-0.15, -0.1) is 0 Å². The van der Waals surface area contributed by atoms with Crippen LogP contribution >= 0.6 is 0 Å². The summed E-state index contributed by atoms with van der Waals surface area (Å²) in [5.41, 5.74) is 15.4. The smallest absolute Gasteiger partial charge is 0.135 e. The molecule has 0 aliphatic carbocycles. The largest absolute Gasteiger partial charge is 0.456 e. The van der Waals surface area contributed by atoms with Crippen molar-refractivity contribution in [2.75, 3.05) is 0 Å². The molecule has 4 aromatic heterocycles. The summed E-state index contributed by atoms with van der Waals surface area (Å²) in [7, 11) is 0. The van der Waals surface area contributed by atoms with Gasteiger partial charge in [-0.1, -0.05) is 109 Å². The van der Waals surface area contributed by atoms with Crippen LogP contribution in [0.3, 0.4) is 0 Å². The van der Waals surface area contributed by atoms with Crippen molar-refractivity contribution in [3.05, 3.63) is 200 Å². The predicted octanol–water partition coefficient (Wildman–Crippen LogP) is 14.2. The van der Waals surface area contributed by atoms with Crippen LogP contribution in [-0.2, 0) is 0 Å². The molecule has 0 unspecified atom stereocenters. The number of aromatic nitrogens is 3. The highest BCUT2D eigenvalue weighted by molar-refractivity contribution is 6.13. The molecular formula is C53H33N3O. The van der Waals surface area contributed by atoms with E-state index in [0.717, 1.165) is 66.7 Å². The first-order chi connectivity index (χ1) is 28.3. The Morgan fingerprint density at radius 1 is 0.351 bits per heavy atom. The molecule has 8 aromatic carbocycles. The van der Waals surface area contributed by atoms with Crippen LogP contribution in [-0.4, -0.2) is 14.1 Å². The van der Waals surface area contributed by atoms with E-state index in [-0.39, 0.29) is 0 Å². The maximum Gasteiger partial charge on any atom is 0.135 e.